The Labute approximate surface area is 131 Å². The molecule has 0 fully saturated rings. The lowest BCUT2D eigenvalue weighted by molar-refractivity contribution is -0.141. The molecule has 0 atom stereocenters. The molecule has 2 heterocycles. The van der Waals surface area contributed by atoms with Crippen LogP contribution in [0.2, 0.25) is 0 Å². The zero-order chi connectivity index (χ0) is 17.2. The molecule has 23 heavy (non-hydrogen) atoms. The number of nitrogens with zero attached hydrogens (tertiary/aromatic N) is 4. The molecule has 0 radical (unpaired) electrons. The van der Waals surface area contributed by atoms with Crippen molar-refractivity contribution in [2.45, 2.75) is 39.3 Å². The number of hydrogen-bond acceptors (Lipinski definition) is 4. The average molecular weight is 326 g/mol. The summed E-state index contributed by atoms with van der Waals surface area (Å²) in [7, 11) is 1.42. The molecule has 2 rings (SSSR count). The van der Waals surface area contributed by atoms with Gasteiger partial charge in [-0.15, -0.1) is 5.10 Å². The summed E-state index contributed by atoms with van der Waals surface area (Å²) in [6.07, 6.45) is -2.04. The lowest BCUT2D eigenvalue weighted by atomic mass is 10.1. The van der Waals surface area contributed by atoms with Gasteiger partial charge in [0.05, 0.1) is 17.0 Å². The van der Waals surface area contributed by atoms with Crippen molar-refractivity contribution in [1.82, 2.24) is 20.0 Å². The molecule has 0 bridgehead atoms. The van der Waals surface area contributed by atoms with Gasteiger partial charge in [-0.2, -0.15) is 23.4 Å². The quantitative estimate of drug-likeness (QED) is 0.847. The number of carbonyl (C=O) groups excluding carboxylic acids is 1. The lowest BCUT2D eigenvalue weighted by Crippen LogP contribution is -2.09. The molecule has 0 unspecified atom stereocenters. The van der Waals surface area contributed by atoms with Gasteiger partial charge >= 0.3 is 6.18 Å². The summed E-state index contributed by atoms with van der Waals surface area (Å²) in [5.41, 5.74) is 0.228. The van der Waals surface area contributed by atoms with Crippen LogP contribution in [0.1, 0.15) is 36.7 Å². The number of halogens is 3. The number of carbonyl (C=O) groups is 1. The van der Waals surface area contributed by atoms with Crippen molar-refractivity contribution in [3.63, 3.8) is 0 Å². The van der Waals surface area contributed by atoms with Crippen molar-refractivity contribution < 1.29 is 18.0 Å². The van der Waals surface area contributed by atoms with Crippen LogP contribution in [-0.2, 0) is 24.4 Å². The van der Waals surface area contributed by atoms with Crippen LogP contribution >= 0.6 is 0 Å². The van der Waals surface area contributed by atoms with Crippen LogP contribution in [0.25, 0.3) is 11.3 Å². The molecule has 0 aliphatic rings. The van der Waals surface area contributed by atoms with E-state index in [0.29, 0.717) is 30.5 Å². The summed E-state index contributed by atoms with van der Waals surface area (Å²) in [4.78, 5) is 11.3. The summed E-state index contributed by atoms with van der Waals surface area (Å²) in [6.45, 7) is 3.45. The van der Waals surface area contributed by atoms with E-state index in [1.165, 1.54) is 13.2 Å². The maximum absolute atomic E-state index is 13.0. The Morgan fingerprint density at radius 3 is 2.57 bits per heavy atom. The molecule has 5 nitrogen and oxygen atoms in total. The van der Waals surface area contributed by atoms with Crippen molar-refractivity contribution in [2.24, 2.45) is 7.05 Å². The molecule has 0 spiro atoms. The summed E-state index contributed by atoms with van der Waals surface area (Å²) >= 11 is 0. The standard InChI is InChI=1S/C15H17F3N4O/c1-4-11(23)6-5-10-7-9(2)13(20-19-10)12-8-22(3)21-14(12)15(16,17)18/h7-8H,4-6H2,1-3H3. The molecule has 0 saturated carbocycles. The maximum Gasteiger partial charge on any atom is 0.435 e. The minimum absolute atomic E-state index is 0.0961. The summed E-state index contributed by atoms with van der Waals surface area (Å²) in [6, 6.07) is 1.67. The van der Waals surface area contributed by atoms with E-state index in [1.807, 2.05) is 0 Å². The van der Waals surface area contributed by atoms with E-state index in [9.17, 15) is 18.0 Å². The highest BCUT2D eigenvalue weighted by molar-refractivity contribution is 5.78. The van der Waals surface area contributed by atoms with E-state index in [4.69, 9.17) is 0 Å². The monoisotopic (exact) mass is 326 g/mol. The highest BCUT2D eigenvalue weighted by Gasteiger charge is 2.38. The van der Waals surface area contributed by atoms with Gasteiger partial charge in [0.1, 0.15) is 5.78 Å². The fraction of sp³-hybridized carbons (Fsp3) is 0.467. The second-order valence-electron chi connectivity index (χ2n) is 5.32. The fourth-order valence-corrected chi connectivity index (χ4v) is 2.24. The van der Waals surface area contributed by atoms with Crippen molar-refractivity contribution in [3.05, 3.63) is 29.2 Å². The molecule has 0 saturated heterocycles. The molecule has 0 aliphatic carbocycles. The minimum Gasteiger partial charge on any atom is -0.300 e. The number of aromatic nitrogens is 4. The van der Waals surface area contributed by atoms with Gasteiger partial charge in [-0.05, 0) is 25.0 Å². The predicted molar refractivity (Wildman–Crippen MR) is 77.6 cm³/mol. The first-order valence-corrected chi connectivity index (χ1v) is 7.18. The molecule has 0 N–H and O–H groups in total. The smallest absolute Gasteiger partial charge is 0.300 e. The highest BCUT2D eigenvalue weighted by Crippen LogP contribution is 2.36. The van der Waals surface area contributed by atoms with Crippen LogP contribution in [0, 0.1) is 6.92 Å². The van der Waals surface area contributed by atoms with E-state index < -0.39 is 11.9 Å². The Balaban J connectivity index is 2.34. The molecular formula is C15H17F3N4O. The second-order valence-corrected chi connectivity index (χ2v) is 5.32. The third kappa shape index (κ3) is 3.94. The Morgan fingerprint density at radius 1 is 1.30 bits per heavy atom. The van der Waals surface area contributed by atoms with Gasteiger partial charge in [0.15, 0.2) is 5.69 Å². The number of ketones is 1. The zero-order valence-corrected chi connectivity index (χ0v) is 13.1. The van der Waals surface area contributed by atoms with Gasteiger partial charge in [0.2, 0.25) is 0 Å². The first kappa shape index (κ1) is 17.1. The highest BCUT2D eigenvalue weighted by atomic mass is 19.4. The van der Waals surface area contributed by atoms with Gasteiger partial charge < -0.3 is 0 Å². The largest absolute Gasteiger partial charge is 0.435 e. The Morgan fingerprint density at radius 2 is 2.00 bits per heavy atom. The van der Waals surface area contributed by atoms with Crippen LogP contribution in [-0.4, -0.2) is 25.8 Å². The van der Waals surface area contributed by atoms with Gasteiger partial charge in [0, 0.05) is 26.1 Å². The molecule has 2 aromatic rings. The first-order chi connectivity index (χ1) is 10.7. The number of alkyl halides is 3. The van der Waals surface area contributed by atoms with E-state index in [2.05, 4.69) is 15.3 Å². The van der Waals surface area contributed by atoms with Crippen LogP contribution < -0.4 is 0 Å². The Bertz CT molecular complexity index is 722. The van der Waals surface area contributed by atoms with E-state index in [1.54, 1.807) is 19.9 Å². The molecule has 0 aliphatic heterocycles. The van der Waals surface area contributed by atoms with Gasteiger partial charge in [-0.25, -0.2) is 0 Å². The SMILES string of the molecule is CCC(=O)CCc1cc(C)c(-c2cn(C)nc2C(F)(F)F)nn1. The topological polar surface area (TPSA) is 60.7 Å². The predicted octanol–water partition coefficient (Wildman–Crippen LogP) is 3.12. The molecule has 0 amide bonds. The van der Waals surface area contributed by atoms with Crippen molar-refractivity contribution in [2.75, 3.05) is 0 Å². The molecule has 124 valence electrons. The van der Waals surface area contributed by atoms with Gasteiger partial charge in [0.25, 0.3) is 0 Å². The van der Waals surface area contributed by atoms with Crippen LogP contribution in [0.4, 0.5) is 13.2 Å². The maximum atomic E-state index is 13.0. The lowest BCUT2D eigenvalue weighted by Gasteiger charge is -2.08. The van der Waals surface area contributed by atoms with Crippen LogP contribution in [0.5, 0.6) is 0 Å². The van der Waals surface area contributed by atoms with Crippen molar-refractivity contribution in [1.29, 1.82) is 0 Å². The van der Waals surface area contributed by atoms with Crippen LogP contribution in [0.3, 0.4) is 0 Å². The third-order valence-corrected chi connectivity index (χ3v) is 3.44. The van der Waals surface area contributed by atoms with Crippen LogP contribution in [0.15, 0.2) is 12.3 Å². The first-order valence-electron chi connectivity index (χ1n) is 7.18. The Kier molecular flexibility index (Phi) is 4.82. The summed E-state index contributed by atoms with van der Waals surface area (Å²) < 4.78 is 40.2. The van der Waals surface area contributed by atoms with E-state index >= 15 is 0 Å². The summed E-state index contributed by atoms with van der Waals surface area (Å²) in [5, 5.41) is 11.3. The fourth-order valence-electron chi connectivity index (χ4n) is 2.24. The average Bonchev–Trinajstić information content (AvgIpc) is 2.86. The molecule has 8 heteroatoms. The number of rotatable bonds is 5. The number of hydrogen-bond donors (Lipinski definition) is 0. The molecular weight excluding hydrogens is 309 g/mol. The zero-order valence-electron chi connectivity index (χ0n) is 13.1. The van der Waals surface area contributed by atoms with Crippen molar-refractivity contribution in [3.8, 4) is 11.3 Å². The summed E-state index contributed by atoms with van der Waals surface area (Å²) in [5.74, 6) is 0.111. The number of Topliss-reactive ketones (excluding diaryl/α,β-unsaturated/α-hetero) is 1. The molecule has 2 aromatic heterocycles. The second kappa shape index (κ2) is 6.47. The van der Waals surface area contributed by atoms with Gasteiger partial charge in [-0.1, -0.05) is 6.92 Å². The van der Waals surface area contributed by atoms with Gasteiger partial charge in [-0.3, -0.25) is 9.48 Å². The van der Waals surface area contributed by atoms with E-state index in [0.717, 1.165) is 4.68 Å². The Hall–Kier alpha value is -2.25. The number of aryl methyl sites for hydroxylation is 3. The van der Waals surface area contributed by atoms with E-state index in [-0.39, 0.29) is 17.0 Å². The molecule has 0 aromatic carbocycles. The normalized spacial score (nSPS) is 11.7. The minimum atomic E-state index is -4.56. The third-order valence-electron chi connectivity index (χ3n) is 3.44. The van der Waals surface area contributed by atoms with Crippen molar-refractivity contribution >= 4 is 5.78 Å².